The average Bonchev–Trinajstić information content (AvgIpc) is 3.15. The molecule has 0 bridgehead atoms. The van der Waals surface area contributed by atoms with Crippen LogP contribution in [0.2, 0.25) is 0 Å². The van der Waals surface area contributed by atoms with Crippen LogP contribution in [-0.4, -0.2) is 64.5 Å². The molecule has 2 rings (SSSR count). The molecule has 0 amide bonds. The van der Waals surface area contributed by atoms with Gasteiger partial charge in [-0.1, -0.05) is 24.3 Å². The number of nitrogens with one attached hydrogen (secondary N) is 2. The fraction of sp³-hybridized carbons (Fsp3) is 0.667. The summed E-state index contributed by atoms with van der Waals surface area (Å²) in [7, 11) is 4.17. The number of halogens is 1. The molecule has 1 unspecified atom stereocenters. The molecule has 1 aromatic rings. The molecule has 6 nitrogen and oxygen atoms in total. The van der Waals surface area contributed by atoms with E-state index in [0.29, 0.717) is 12.5 Å². The fourth-order valence-corrected chi connectivity index (χ4v) is 3.05. The van der Waals surface area contributed by atoms with Crippen LogP contribution < -0.4 is 10.6 Å². The van der Waals surface area contributed by atoms with Crippen molar-refractivity contribution in [1.29, 1.82) is 0 Å². The molecular formula is C21H37IN4O2. The number of guanidine groups is 1. The molecular weight excluding hydrogens is 467 g/mol. The van der Waals surface area contributed by atoms with Crippen LogP contribution >= 0.6 is 24.0 Å². The summed E-state index contributed by atoms with van der Waals surface area (Å²) in [5.74, 6) is 1.44. The molecule has 1 heterocycles. The molecule has 2 N–H and O–H groups in total. The van der Waals surface area contributed by atoms with E-state index < -0.39 is 0 Å². The van der Waals surface area contributed by atoms with Crippen LogP contribution in [0.1, 0.15) is 30.9 Å². The Labute approximate surface area is 187 Å². The van der Waals surface area contributed by atoms with E-state index in [9.17, 15) is 0 Å². The third-order valence-electron chi connectivity index (χ3n) is 4.39. The van der Waals surface area contributed by atoms with Crippen LogP contribution in [0.3, 0.4) is 0 Å². The first-order chi connectivity index (χ1) is 13.2. The van der Waals surface area contributed by atoms with Crippen molar-refractivity contribution < 1.29 is 9.47 Å². The highest BCUT2D eigenvalue weighted by Gasteiger charge is 2.15. The predicted octanol–water partition coefficient (Wildman–Crippen LogP) is 2.86. The van der Waals surface area contributed by atoms with Gasteiger partial charge in [0.1, 0.15) is 0 Å². The second-order valence-corrected chi connectivity index (χ2v) is 7.34. The Hall–Kier alpha value is -0.900. The van der Waals surface area contributed by atoms with Crippen molar-refractivity contribution in [2.75, 3.05) is 53.6 Å². The minimum atomic E-state index is 0. The van der Waals surface area contributed by atoms with Gasteiger partial charge in [-0.05, 0) is 45.0 Å². The van der Waals surface area contributed by atoms with E-state index in [1.807, 2.05) is 0 Å². The Morgan fingerprint density at radius 3 is 2.82 bits per heavy atom. The minimum absolute atomic E-state index is 0. The smallest absolute Gasteiger partial charge is 0.191 e. The molecule has 0 radical (unpaired) electrons. The number of hydrogen-bond donors (Lipinski definition) is 2. The lowest BCUT2D eigenvalue weighted by Gasteiger charge is -2.13. The highest BCUT2D eigenvalue weighted by Crippen LogP contribution is 2.12. The van der Waals surface area contributed by atoms with Gasteiger partial charge in [0.2, 0.25) is 0 Å². The summed E-state index contributed by atoms with van der Waals surface area (Å²) in [6.45, 7) is 8.74. The van der Waals surface area contributed by atoms with Crippen molar-refractivity contribution in [3.05, 3.63) is 35.4 Å². The van der Waals surface area contributed by atoms with Crippen molar-refractivity contribution in [3.8, 4) is 0 Å². The summed E-state index contributed by atoms with van der Waals surface area (Å²) in [4.78, 5) is 6.88. The van der Waals surface area contributed by atoms with Crippen LogP contribution in [0.4, 0.5) is 0 Å². The van der Waals surface area contributed by atoms with E-state index in [-0.39, 0.29) is 24.0 Å². The topological polar surface area (TPSA) is 58.1 Å². The van der Waals surface area contributed by atoms with Crippen molar-refractivity contribution in [2.45, 2.75) is 32.9 Å². The molecule has 0 saturated carbocycles. The Bertz CT molecular complexity index is 563. The molecule has 1 saturated heterocycles. The Morgan fingerprint density at radius 1 is 1.29 bits per heavy atom. The van der Waals surface area contributed by atoms with Gasteiger partial charge in [0.05, 0.1) is 19.8 Å². The number of benzene rings is 1. The monoisotopic (exact) mass is 504 g/mol. The zero-order chi connectivity index (χ0) is 19.3. The molecule has 1 fully saturated rings. The van der Waals surface area contributed by atoms with Crippen molar-refractivity contribution >= 4 is 29.9 Å². The molecule has 1 atom stereocenters. The summed E-state index contributed by atoms with van der Waals surface area (Å²) < 4.78 is 11.1. The van der Waals surface area contributed by atoms with Crippen molar-refractivity contribution in [2.24, 2.45) is 10.9 Å². The van der Waals surface area contributed by atoms with Gasteiger partial charge in [-0.25, -0.2) is 4.99 Å². The number of aliphatic imine (C=N–C) groups is 1. The number of rotatable bonds is 11. The van der Waals surface area contributed by atoms with E-state index in [4.69, 9.17) is 14.5 Å². The molecule has 28 heavy (non-hydrogen) atoms. The molecule has 0 spiro atoms. The minimum Gasteiger partial charge on any atom is -0.381 e. The van der Waals surface area contributed by atoms with Gasteiger partial charge in [0.15, 0.2) is 5.96 Å². The normalized spacial score (nSPS) is 16.9. The highest BCUT2D eigenvalue weighted by atomic mass is 127. The van der Waals surface area contributed by atoms with Crippen LogP contribution in [0.5, 0.6) is 0 Å². The molecule has 1 aliphatic rings. The third-order valence-corrected chi connectivity index (χ3v) is 4.39. The van der Waals surface area contributed by atoms with E-state index in [2.05, 4.69) is 60.8 Å². The molecule has 0 aliphatic carbocycles. The second kappa shape index (κ2) is 15.0. The van der Waals surface area contributed by atoms with Gasteiger partial charge in [0.25, 0.3) is 0 Å². The van der Waals surface area contributed by atoms with Gasteiger partial charge in [-0.15, -0.1) is 24.0 Å². The summed E-state index contributed by atoms with van der Waals surface area (Å²) in [5, 5.41) is 6.70. The van der Waals surface area contributed by atoms with Crippen molar-refractivity contribution in [3.63, 3.8) is 0 Å². The van der Waals surface area contributed by atoms with Crippen LogP contribution in [0.25, 0.3) is 0 Å². The number of hydrogen-bond acceptors (Lipinski definition) is 4. The maximum atomic E-state index is 5.75. The van der Waals surface area contributed by atoms with Gasteiger partial charge in [-0.3, -0.25) is 0 Å². The van der Waals surface area contributed by atoms with Crippen LogP contribution in [-0.2, 0) is 22.6 Å². The molecule has 0 aromatic heterocycles. The standard InChI is InChI=1S/C21H36N4O2.HI/c1-4-22-21(23-10-6-11-26-16-20-9-12-27-17-20)24-14-18-7-5-8-19(13-18)15-25(2)3;/h5,7-8,13,20H,4,6,9-12,14-17H2,1-3H3,(H2,22,23,24);1H. The zero-order valence-corrected chi connectivity index (χ0v) is 19.9. The van der Waals surface area contributed by atoms with E-state index >= 15 is 0 Å². The van der Waals surface area contributed by atoms with Gasteiger partial charge in [-0.2, -0.15) is 0 Å². The Balaban J connectivity index is 0.00000392. The van der Waals surface area contributed by atoms with E-state index in [1.165, 1.54) is 11.1 Å². The summed E-state index contributed by atoms with van der Waals surface area (Å²) >= 11 is 0. The quantitative estimate of drug-likeness (QED) is 0.210. The first-order valence-corrected chi connectivity index (χ1v) is 10.1. The molecule has 1 aromatic carbocycles. The predicted molar refractivity (Wildman–Crippen MR) is 126 cm³/mol. The average molecular weight is 504 g/mol. The molecule has 160 valence electrons. The summed E-state index contributed by atoms with van der Waals surface area (Å²) in [6.07, 6.45) is 2.10. The third kappa shape index (κ3) is 10.6. The molecule has 1 aliphatic heterocycles. The number of nitrogens with zero attached hydrogens (tertiary/aromatic N) is 2. The summed E-state index contributed by atoms with van der Waals surface area (Å²) in [6, 6.07) is 8.63. The van der Waals surface area contributed by atoms with Gasteiger partial charge >= 0.3 is 0 Å². The van der Waals surface area contributed by atoms with Gasteiger partial charge < -0.3 is 25.0 Å². The molecule has 7 heteroatoms. The van der Waals surface area contributed by atoms with E-state index in [1.54, 1.807) is 0 Å². The SMILES string of the molecule is CCNC(=NCc1cccc(CN(C)C)c1)NCCCOCC1CCOC1.I. The lowest BCUT2D eigenvalue weighted by molar-refractivity contribution is 0.0888. The lowest BCUT2D eigenvalue weighted by atomic mass is 10.1. The van der Waals surface area contributed by atoms with Crippen LogP contribution in [0.15, 0.2) is 29.3 Å². The maximum absolute atomic E-state index is 5.75. The summed E-state index contributed by atoms with van der Waals surface area (Å²) in [5.41, 5.74) is 2.55. The first kappa shape index (κ1) is 25.1. The second-order valence-electron chi connectivity index (χ2n) is 7.34. The van der Waals surface area contributed by atoms with Gasteiger partial charge in [0, 0.05) is 38.8 Å². The van der Waals surface area contributed by atoms with E-state index in [0.717, 1.165) is 64.9 Å². The van der Waals surface area contributed by atoms with Crippen LogP contribution in [0, 0.1) is 5.92 Å². The largest absolute Gasteiger partial charge is 0.381 e. The fourth-order valence-electron chi connectivity index (χ4n) is 3.05. The number of ether oxygens (including phenoxy) is 2. The maximum Gasteiger partial charge on any atom is 0.191 e. The first-order valence-electron chi connectivity index (χ1n) is 10.1. The lowest BCUT2D eigenvalue weighted by Crippen LogP contribution is -2.38. The Kier molecular flexibility index (Phi) is 13.5. The van der Waals surface area contributed by atoms with Crippen molar-refractivity contribution in [1.82, 2.24) is 15.5 Å². The Morgan fingerprint density at radius 2 is 2.11 bits per heavy atom. The zero-order valence-electron chi connectivity index (χ0n) is 17.6. The highest BCUT2D eigenvalue weighted by molar-refractivity contribution is 14.0.